The molecule has 7 rings (SSSR count). The van der Waals surface area contributed by atoms with Gasteiger partial charge in [-0.1, -0.05) is 54.1 Å². The number of phenolic OH excluding ortho intramolecular Hbond substituents is 1. The van der Waals surface area contributed by atoms with Crippen LogP contribution in [0.15, 0.2) is 112 Å². The Kier molecular flexibility index (Phi) is 6.47. The number of anilines is 1. The van der Waals surface area contributed by atoms with Gasteiger partial charge >= 0.3 is 0 Å². The average molecular weight is 634 g/mol. The van der Waals surface area contributed by atoms with Crippen LogP contribution in [0.1, 0.15) is 40.2 Å². The van der Waals surface area contributed by atoms with Crippen molar-refractivity contribution in [3.63, 3.8) is 0 Å². The summed E-state index contributed by atoms with van der Waals surface area (Å²) in [4.78, 5) is 68.6. The number of fused-ring (bicyclic) bond motifs is 3. The maximum Gasteiger partial charge on any atom is 0.238 e. The lowest BCUT2D eigenvalue weighted by molar-refractivity contribution is -0.123. The second-order valence-electron chi connectivity index (χ2n) is 11.2. The fourth-order valence-electron chi connectivity index (χ4n) is 7.03. The molecule has 43 heavy (non-hydrogen) atoms. The SMILES string of the molecule is O=C1C=C(Br)C(=O)C2=C1C(c1ccc(O)cc1)C1=CCC3C(=O)N(c4ccc(C(=O)c5ccccc5)cc4)C(=O)C3C1C2. The Hall–Kier alpha value is -4.69. The summed E-state index contributed by atoms with van der Waals surface area (Å²) in [6.45, 7) is 0. The summed E-state index contributed by atoms with van der Waals surface area (Å²) in [6.07, 6.45) is 3.73. The number of rotatable bonds is 4. The number of Topliss-reactive ketones (excluding diaryl/α,β-unsaturated/α-hetero) is 1. The Morgan fingerprint density at radius 2 is 1.49 bits per heavy atom. The molecule has 1 aliphatic heterocycles. The number of hydrogen-bond acceptors (Lipinski definition) is 6. The number of benzene rings is 3. The van der Waals surface area contributed by atoms with Crippen molar-refractivity contribution >= 4 is 50.8 Å². The van der Waals surface area contributed by atoms with Gasteiger partial charge in [0.1, 0.15) is 5.75 Å². The molecule has 1 saturated heterocycles. The van der Waals surface area contributed by atoms with E-state index < -0.39 is 23.7 Å². The third-order valence-corrected chi connectivity index (χ3v) is 9.57. The molecule has 1 N–H and O–H groups in total. The van der Waals surface area contributed by atoms with Crippen molar-refractivity contribution in [2.45, 2.75) is 18.8 Å². The Balaban J connectivity index is 1.25. The van der Waals surface area contributed by atoms with Crippen LogP contribution in [0, 0.1) is 17.8 Å². The normalized spacial score (nSPS) is 24.7. The molecule has 8 heteroatoms. The van der Waals surface area contributed by atoms with Gasteiger partial charge in [-0.3, -0.25) is 28.9 Å². The minimum Gasteiger partial charge on any atom is -0.508 e. The molecule has 0 spiro atoms. The molecule has 0 radical (unpaired) electrons. The van der Waals surface area contributed by atoms with Crippen molar-refractivity contribution in [2.24, 2.45) is 17.8 Å². The number of carbonyl (C=O) groups excluding carboxylic acids is 5. The van der Waals surface area contributed by atoms with Crippen LogP contribution < -0.4 is 4.90 Å². The Bertz CT molecular complexity index is 1830. The zero-order valence-electron chi connectivity index (χ0n) is 22.7. The lowest BCUT2D eigenvalue weighted by Gasteiger charge is -2.42. The molecular formula is C35H24BrNO6. The van der Waals surface area contributed by atoms with E-state index in [1.165, 1.54) is 23.1 Å². The predicted octanol–water partition coefficient (Wildman–Crippen LogP) is 5.59. The van der Waals surface area contributed by atoms with Gasteiger partial charge in [-0.2, -0.15) is 0 Å². The second-order valence-corrected chi connectivity index (χ2v) is 12.1. The maximum absolute atomic E-state index is 14.1. The highest BCUT2D eigenvalue weighted by Gasteiger charge is 2.56. The van der Waals surface area contributed by atoms with Gasteiger partial charge in [-0.25, -0.2) is 0 Å². The van der Waals surface area contributed by atoms with E-state index in [1.807, 2.05) is 12.1 Å². The molecule has 0 saturated carbocycles. The monoisotopic (exact) mass is 633 g/mol. The van der Waals surface area contributed by atoms with Crippen LogP contribution in [0.5, 0.6) is 5.75 Å². The number of allylic oxidation sites excluding steroid dienone is 6. The van der Waals surface area contributed by atoms with Crippen molar-refractivity contribution < 1.29 is 29.1 Å². The molecule has 1 heterocycles. The zero-order valence-corrected chi connectivity index (χ0v) is 24.3. The van der Waals surface area contributed by atoms with Crippen molar-refractivity contribution in [3.05, 3.63) is 129 Å². The molecule has 3 aromatic rings. The number of carbonyl (C=O) groups is 5. The summed E-state index contributed by atoms with van der Waals surface area (Å²) < 4.78 is 0.168. The first-order valence-electron chi connectivity index (χ1n) is 14.0. The standard InChI is InChI=1S/C35H24BrNO6/c36-27-17-28(39)31-26(33(27)41)16-25-23(29(31)18-8-12-22(38)13-9-18)14-15-24-30(25)35(43)37(34(24)42)21-10-6-20(7-11-21)32(40)19-4-2-1-3-5-19/h1-14,17,24-25,29-30,38H,15-16H2. The maximum atomic E-state index is 14.1. The lowest BCUT2D eigenvalue weighted by atomic mass is 9.59. The molecular weight excluding hydrogens is 610 g/mol. The third kappa shape index (κ3) is 4.28. The van der Waals surface area contributed by atoms with E-state index in [0.717, 1.165) is 11.1 Å². The molecule has 3 aliphatic carbocycles. The number of phenols is 1. The minimum atomic E-state index is -0.709. The van der Waals surface area contributed by atoms with Gasteiger partial charge in [-0.15, -0.1) is 0 Å². The Morgan fingerprint density at radius 1 is 0.814 bits per heavy atom. The number of nitrogens with zero attached hydrogens (tertiary/aromatic N) is 1. The van der Waals surface area contributed by atoms with E-state index in [-0.39, 0.29) is 45.8 Å². The smallest absolute Gasteiger partial charge is 0.238 e. The number of hydrogen-bond donors (Lipinski definition) is 1. The van der Waals surface area contributed by atoms with Gasteiger partial charge < -0.3 is 5.11 Å². The van der Waals surface area contributed by atoms with Crippen molar-refractivity contribution in [1.82, 2.24) is 0 Å². The van der Waals surface area contributed by atoms with E-state index >= 15 is 0 Å². The number of amides is 2. The first kappa shape index (κ1) is 27.2. The van der Waals surface area contributed by atoms with E-state index in [1.54, 1.807) is 60.7 Å². The molecule has 0 bridgehead atoms. The summed E-state index contributed by atoms with van der Waals surface area (Å²) in [5.41, 5.74) is 3.66. The van der Waals surface area contributed by atoms with Gasteiger partial charge in [0.2, 0.25) is 11.8 Å². The highest BCUT2D eigenvalue weighted by Crippen LogP contribution is 2.55. The van der Waals surface area contributed by atoms with Crippen LogP contribution >= 0.6 is 15.9 Å². The Morgan fingerprint density at radius 3 is 2.19 bits per heavy atom. The molecule has 212 valence electrons. The topological polar surface area (TPSA) is 109 Å². The van der Waals surface area contributed by atoms with Gasteiger partial charge in [0.05, 0.1) is 22.0 Å². The zero-order chi connectivity index (χ0) is 30.0. The van der Waals surface area contributed by atoms with Gasteiger partial charge in [0.15, 0.2) is 17.3 Å². The van der Waals surface area contributed by atoms with Crippen LogP contribution in [0.3, 0.4) is 0 Å². The van der Waals surface area contributed by atoms with Gasteiger partial charge in [0.25, 0.3) is 0 Å². The molecule has 7 nitrogen and oxygen atoms in total. The average Bonchev–Trinajstić information content (AvgIpc) is 3.28. The van der Waals surface area contributed by atoms with Crippen molar-refractivity contribution in [3.8, 4) is 5.75 Å². The minimum absolute atomic E-state index is 0.0698. The van der Waals surface area contributed by atoms with E-state index in [0.29, 0.717) is 34.4 Å². The number of imide groups is 1. The molecule has 3 aromatic carbocycles. The van der Waals surface area contributed by atoms with Crippen LogP contribution in [0.2, 0.25) is 0 Å². The van der Waals surface area contributed by atoms with Crippen molar-refractivity contribution in [1.29, 1.82) is 0 Å². The summed E-state index contributed by atoms with van der Waals surface area (Å²) in [5, 5.41) is 9.91. The first-order valence-corrected chi connectivity index (χ1v) is 14.8. The first-order chi connectivity index (χ1) is 20.7. The van der Waals surface area contributed by atoms with Crippen LogP contribution in [-0.4, -0.2) is 34.3 Å². The molecule has 4 aliphatic rings. The molecule has 0 aromatic heterocycles. The van der Waals surface area contributed by atoms with E-state index in [4.69, 9.17) is 0 Å². The Labute approximate surface area is 255 Å². The van der Waals surface area contributed by atoms with E-state index in [9.17, 15) is 29.1 Å². The fraction of sp³-hybridized carbons (Fsp3) is 0.171. The van der Waals surface area contributed by atoms with Gasteiger partial charge in [0, 0.05) is 34.3 Å². The van der Waals surface area contributed by atoms with Gasteiger partial charge in [-0.05, 0) is 76.7 Å². The highest BCUT2D eigenvalue weighted by molar-refractivity contribution is 9.12. The highest BCUT2D eigenvalue weighted by atomic mass is 79.9. The second kappa shape index (κ2) is 10.2. The predicted molar refractivity (Wildman–Crippen MR) is 161 cm³/mol. The van der Waals surface area contributed by atoms with Crippen LogP contribution in [0.4, 0.5) is 5.69 Å². The summed E-state index contributed by atoms with van der Waals surface area (Å²) in [6, 6.07) is 21.8. The summed E-state index contributed by atoms with van der Waals surface area (Å²) >= 11 is 3.23. The van der Waals surface area contributed by atoms with Crippen molar-refractivity contribution in [2.75, 3.05) is 4.90 Å². The fourth-order valence-corrected chi connectivity index (χ4v) is 7.47. The molecule has 4 unspecified atom stereocenters. The molecule has 2 amide bonds. The van der Waals surface area contributed by atoms with Crippen LogP contribution in [-0.2, 0) is 19.2 Å². The molecule has 4 atom stereocenters. The summed E-state index contributed by atoms with van der Waals surface area (Å²) in [7, 11) is 0. The van der Waals surface area contributed by atoms with E-state index in [2.05, 4.69) is 15.9 Å². The third-order valence-electron chi connectivity index (χ3n) is 8.98. The number of ketones is 3. The summed E-state index contributed by atoms with van der Waals surface area (Å²) in [5.74, 6) is -3.70. The largest absolute Gasteiger partial charge is 0.508 e. The molecule has 1 fully saturated rings. The quantitative estimate of drug-likeness (QED) is 0.174. The number of aromatic hydroxyl groups is 1. The lowest BCUT2D eigenvalue weighted by Crippen LogP contribution is -2.39. The number of halogens is 1. The van der Waals surface area contributed by atoms with Crippen LogP contribution in [0.25, 0.3) is 0 Å².